The smallest absolute Gasteiger partial charge is 0.254 e. The maximum absolute atomic E-state index is 14.4. The Bertz CT molecular complexity index is 1270. The van der Waals surface area contributed by atoms with E-state index in [1.165, 1.54) is 6.33 Å². The summed E-state index contributed by atoms with van der Waals surface area (Å²) in [5.41, 5.74) is 2.44. The third-order valence-electron chi connectivity index (χ3n) is 5.63. The molecule has 8 heteroatoms. The van der Waals surface area contributed by atoms with Crippen molar-refractivity contribution in [1.82, 2.24) is 20.0 Å². The Morgan fingerprint density at radius 1 is 1.22 bits per heavy atom. The molecule has 2 aromatic heterocycles. The Kier molecular flexibility index (Phi) is 5.26. The number of aryl methyl sites for hydroxylation is 1. The van der Waals surface area contributed by atoms with Gasteiger partial charge in [0.1, 0.15) is 17.9 Å². The molecule has 7 nitrogen and oxygen atoms in total. The minimum atomic E-state index is -0.536. The average Bonchev–Trinajstić information content (AvgIpc) is 3.47. The van der Waals surface area contributed by atoms with E-state index < -0.39 is 5.82 Å². The van der Waals surface area contributed by atoms with Crippen LogP contribution >= 0.6 is 0 Å². The molecule has 0 spiro atoms. The molecular formula is C24H21FN4O3. The molecule has 1 fully saturated rings. The van der Waals surface area contributed by atoms with Crippen LogP contribution in [0.2, 0.25) is 0 Å². The van der Waals surface area contributed by atoms with E-state index in [-0.39, 0.29) is 17.9 Å². The van der Waals surface area contributed by atoms with Gasteiger partial charge in [-0.2, -0.15) is 9.37 Å². The third-order valence-corrected chi connectivity index (χ3v) is 5.63. The van der Waals surface area contributed by atoms with Crippen LogP contribution in [0, 0.1) is 5.82 Å². The van der Waals surface area contributed by atoms with Crippen molar-refractivity contribution in [2.24, 2.45) is 0 Å². The molecule has 0 bridgehead atoms. The Hall–Kier alpha value is -3.81. The number of aromatic nitrogens is 3. The van der Waals surface area contributed by atoms with E-state index in [2.05, 4.69) is 15.1 Å². The maximum atomic E-state index is 14.4. The molecule has 0 N–H and O–H groups in total. The SMILES string of the molecule is CCc1ncnc(O[C@@H]2CCN(C(=O)c3ccc4noc(-c5ccccc5)c4c3)C2)c1F. The van der Waals surface area contributed by atoms with Crippen molar-refractivity contribution >= 4 is 16.8 Å². The standard InChI is InChI=1S/C24H21FN4O3/c1-2-19-21(25)23(27-14-26-19)31-17-10-11-29(13-17)24(30)16-8-9-20-18(12-16)22(32-28-20)15-6-4-3-5-7-15/h3-9,12,14,17H,2,10-11,13H2,1H3/t17-/m1/s1. The summed E-state index contributed by atoms with van der Waals surface area (Å²) >= 11 is 0. The van der Waals surface area contributed by atoms with Crippen molar-refractivity contribution in [3.8, 4) is 17.2 Å². The molecule has 1 amide bonds. The molecule has 2 aromatic carbocycles. The Balaban J connectivity index is 1.34. The van der Waals surface area contributed by atoms with Crippen LogP contribution in [0.15, 0.2) is 59.4 Å². The molecule has 3 heterocycles. The summed E-state index contributed by atoms with van der Waals surface area (Å²) in [4.78, 5) is 22.7. The summed E-state index contributed by atoms with van der Waals surface area (Å²) in [5, 5.41) is 4.89. The summed E-state index contributed by atoms with van der Waals surface area (Å²) in [7, 11) is 0. The quantitative estimate of drug-likeness (QED) is 0.468. The van der Waals surface area contributed by atoms with Gasteiger partial charge in [-0.15, -0.1) is 0 Å². The van der Waals surface area contributed by atoms with Crippen LogP contribution < -0.4 is 4.74 Å². The van der Waals surface area contributed by atoms with E-state index in [1.807, 2.05) is 43.3 Å². The molecule has 0 unspecified atom stereocenters. The number of carbonyl (C=O) groups excluding carboxylic acids is 1. The number of rotatable bonds is 5. The molecule has 1 aliphatic rings. The number of hydrogen-bond acceptors (Lipinski definition) is 6. The minimum Gasteiger partial charge on any atom is -0.470 e. The van der Waals surface area contributed by atoms with Crippen molar-refractivity contribution in [2.75, 3.05) is 13.1 Å². The first-order valence-corrected chi connectivity index (χ1v) is 10.5. The molecule has 0 radical (unpaired) electrons. The lowest BCUT2D eigenvalue weighted by atomic mass is 10.1. The minimum absolute atomic E-state index is 0.0606. The Labute approximate surface area is 183 Å². The number of fused-ring (bicyclic) bond motifs is 1. The fourth-order valence-corrected chi connectivity index (χ4v) is 3.94. The number of amides is 1. The van der Waals surface area contributed by atoms with Gasteiger partial charge in [-0.05, 0) is 24.6 Å². The molecule has 0 aliphatic carbocycles. The lowest BCUT2D eigenvalue weighted by molar-refractivity contribution is 0.0770. The normalized spacial score (nSPS) is 15.9. The summed E-state index contributed by atoms with van der Waals surface area (Å²) in [6.45, 7) is 2.70. The topological polar surface area (TPSA) is 81.4 Å². The van der Waals surface area contributed by atoms with Crippen LogP contribution in [0.1, 0.15) is 29.4 Å². The molecule has 5 rings (SSSR count). The first-order valence-electron chi connectivity index (χ1n) is 10.5. The second-order valence-electron chi connectivity index (χ2n) is 7.68. The van der Waals surface area contributed by atoms with E-state index >= 15 is 0 Å². The molecule has 32 heavy (non-hydrogen) atoms. The number of benzene rings is 2. The third kappa shape index (κ3) is 3.68. The Morgan fingerprint density at radius 2 is 2.06 bits per heavy atom. The fraction of sp³-hybridized carbons (Fsp3) is 0.250. The second kappa shape index (κ2) is 8.37. The van der Waals surface area contributed by atoms with Gasteiger partial charge < -0.3 is 14.2 Å². The highest BCUT2D eigenvalue weighted by Gasteiger charge is 2.30. The number of ether oxygens (including phenoxy) is 1. The number of nitrogens with zero attached hydrogens (tertiary/aromatic N) is 4. The lowest BCUT2D eigenvalue weighted by Gasteiger charge is -2.17. The number of hydrogen-bond donors (Lipinski definition) is 0. The molecule has 1 atom stereocenters. The Morgan fingerprint density at radius 3 is 2.88 bits per heavy atom. The summed E-state index contributed by atoms with van der Waals surface area (Å²) < 4.78 is 25.7. The van der Waals surface area contributed by atoms with Crippen molar-refractivity contribution in [3.05, 3.63) is 71.9 Å². The van der Waals surface area contributed by atoms with Crippen LogP contribution in [-0.4, -0.2) is 45.1 Å². The van der Waals surface area contributed by atoms with Crippen LogP contribution in [0.4, 0.5) is 4.39 Å². The zero-order valence-electron chi connectivity index (χ0n) is 17.5. The van der Waals surface area contributed by atoms with E-state index in [0.29, 0.717) is 48.5 Å². The van der Waals surface area contributed by atoms with Crippen molar-refractivity contribution in [1.29, 1.82) is 0 Å². The predicted molar refractivity (Wildman–Crippen MR) is 116 cm³/mol. The van der Waals surface area contributed by atoms with Gasteiger partial charge in [-0.1, -0.05) is 42.4 Å². The number of likely N-dealkylation sites (tertiary alicyclic amines) is 1. The van der Waals surface area contributed by atoms with Crippen LogP contribution in [0.25, 0.3) is 22.2 Å². The average molecular weight is 432 g/mol. The highest BCUT2D eigenvalue weighted by Crippen LogP contribution is 2.30. The van der Waals surface area contributed by atoms with Gasteiger partial charge >= 0.3 is 0 Å². The van der Waals surface area contributed by atoms with Crippen LogP contribution in [-0.2, 0) is 6.42 Å². The summed E-state index contributed by atoms with van der Waals surface area (Å²) in [6, 6.07) is 15.0. The van der Waals surface area contributed by atoms with Crippen molar-refractivity contribution < 1.29 is 18.4 Å². The maximum Gasteiger partial charge on any atom is 0.254 e. The highest BCUT2D eigenvalue weighted by molar-refractivity contribution is 6.01. The largest absolute Gasteiger partial charge is 0.470 e. The molecule has 162 valence electrons. The van der Waals surface area contributed by atoms with Crippen LogP contribution in [0.3, 0.4) is 0 Å². The summed E-state index contributed by atoms with van der Waals surface area (Å²) in [6.07, 6.45) is 2.03. The molecule has 0 saturated carbocycles. The molecule has 1 aliphatic heterocycles. The van der Waals surface area contributed by atoms with Gasteiger partial charge in [-0.25, -0.2) is 4.98 Å². The fourth-order valence-electron chi connectivity index (χ4n) is 3.94. The van der Waals surface area contributed by atoms with E-state index in [1.54, 1.807) is 17.0 Å². The van der Waals surface area contributed by atoms with Gasteiger partial charge in [0.15, 0.2) is 5.76 Å². The molecule has 1 saturated heterocycles. The van der Waals surface area contributed by atoms with Crippen molar-refractivity contribution in [2.45, 2.75) is 25.9 Å². The van der Waals surface area contributed by atoms with Gasteiger partial charge in [0, 0.05) is 24.1 Å². The van der Waals surface area contributed by atoms with E-state index in [9.17, 15) is 9.18 Å². The molecule has 4 aromatic rings. The number of carbonyl (C=O) groups is 1. The van der Waals surface area contributed by atoms with Gasteiger partial charge in [0.2, 0.25) is 5.82 Å². The zero-order valence-corrected chi connectivity index (χ0v) is 17.5. The van der Waals surface area contributed by atoms with Gasteiger partial charge in [0.25, 0.3) is 11.8 Å². The highest BCUT2D eigenvalue weighted by atomic mass is 19.1. The monoisotopic (exact) mass is 432 g/mol. The van der Waals surface area contributed by atoms with Crippen molar-refractivity contribution in [3.63, 3.8) is 0 Å². The lowest BCUT2D eigenvalue weighted by Crippen LogP contribution is -2.31. The second-order valence-corrected chi connectivity index (χ2v) is 7.68. The first kappa shape index (κ1) is 20.1. The molecular weight excluding hydrogens is 411 g/mol. The van der Waals surface area contributed by atoms with Gasteiger partial charge in [-0.3, -0.25) is 4.79 Å². The van der Waals surface area contributed by atoms with Crippen LogP contribution in [0.5, 0.6) is 5.88 Å². The zero-order chi connectivity index (χ0) is 22.1. The predicted octanol–water partition coefficient (Wildman–Crippen LogP) is 4.28. The first-order chi connectivity index (χ1) is 15.6. The number of halogens is 1. The van der Waals surface area contributed by atoms with E-state index in [4.69, 9.17) is 9.26 Å². The van der Waals surface area contributed by atoms with Gasteiger partial charge in [0.05, 0.1) is 17.6 Å². The van der Waals surface area contributed by atoms with E-state index in [0.717, 1.165) is 10.9 Å². The summed E-state index contributed by atoms with van der Waals surface area (Å²) in [5.74, 6) is -0.0832.